The lowest BCUT2D eigenvalue weighted by molar-refractivity contribution is -0.0297. The van der Waals surface area contributed by atoms with Crippen molar-refractivity contribution in [2.45, 2.75) is 38.1 Å². The summed E-state index contributed by atoms with van der Waals surface area (Å²) in [6.07, 6.45) is 1.51. The molecule has 0 amide bonds. The maximum Gasteiger partial charge on any atom is 0.133 e. The standard InChI is InChI=1S/C13H17BrO3/c1-8-3-5-12(17-8)13(15)9-4-6-11(16-2)10(14)7-9/h4,6-8,12-13,15H,3,5H2,1-2H3. The van der Waals surface area contributed by atoms with Crippen LogP contribution in [0.2, 0.25) is 0 Å². The third-order valence-electron chi connectivity index (χ3n) is 3.13. The van der Waals surface area contributed by atoms with E-state index in [1.807, 2.05) is 25.1 Å². The van der Waals surface area contributed by atoms with Gasteiger partial charge in [-0.1, -0.05) is 6.07 Å². The first-order valence-electron chi connectivity index (χ1n) is 5.78. The first-order chi connectivity index (χ1) is 8.11. The summed E-state index contributed by atoms with van der Waals surface area (Å²) in [7, 11) is 1.62. The quantitative estimate of drug-likeness (QED) is 0.932. The summed E-state index contributed by atoms with van der Waals surface area (Å²) in [6, 6.07) is 5.61. The number of rotatable bonds is 3. The van der Waals surface area contributed by atoms with E-state index < -0.39 is 6.10 Å². The first-order valence-corrected chi connectivity index (χ1v) is 6.58. The van der Waals surface area contributed by atoms with Crippen molar-refractivity contribution in [3.05, 3.63) is 28.2 Å². The van der Waals surface area contributed by atoms with Crippen molar-refractivity contribution in [2.24, 2.45) is 0 Å². The fourth-order valence-electron chi connectivity index (χ4n) is 2.15. The van der Waals surface area contributed by atoms with Gasteiger partial charge in [0.2, 0.25) is 0 Å². The predicted molar refractivity (Wildman–Crippen MR) is 69.2 cm³/mol. The topological polar surface area (TPSA) is 38.7 Å². The SMILES string of the molecule is COc1ccc(C(O)C2CCC(C)O2)cc1Br. The zero-order valence-corrected chi connectivity index (χ0v) is 11.6. The number of hydrogen-bond acceptors (Lipinski definition) is 3. The molecule has 0 radical (unpaired) electrons. The van der Waals surface area contributed by atoms with E-state index in [4.69, 9.17) is 9.47 Å². The average Bonchev–Trinajstić information content (AvgIpc) is 2.75. The van der Waals surface area contributed by atoms with Gasteiger partial charge in [-0.05, 0) is 53.4 Å². The van der Waals surface area contributed by atoms with E-state index in [0.29, 0.717) is 0 Å². The molecular weight excluding hydrogens is 284 g/mol. The van der Waals surface area contributed by atoms with Crippen LogP contribution in [0.25, 0.3) is 0 Å². The Labute approximate surface area is 110 Å². The molecule has 1 aliphatic rings. The number of benzene rings is 1. The summed E-state index contributed by atoms with van der Waals surface area (Å²) < 4.78 is 11.7. The number of ether oxygens (including phenoxy) is 2. The minimum Gasteiger partial charge on any atom is -0.496 e. The summed E-state index contributed by atoms with van der Waals surface area (Å²) in [5, 5.41) is 10.2. The van der Waals surface area contributed by atoms with Gasteiger partial charge in [-0.2, -0.15) is 0 Å². The lowest BCUT2D eigenvalue weighted by atomic mass is 10.0. The molecule has 0 aromatic heterocycles. The number of aliphatic hydroxyl groups is 1. The largest absolute Gasteiger partial charge is 0.496 e. The van der Waals surface area contributed by atoms with Gasteiger partial charge in [-0.3, -0.25) is 0 Å². The highest BCUT2D eigenvalue weighted by molar-refractivity contribution is 9.10. The maximum atomic E-state index is 10.2. The summed E-state index contributed by atoms with van der Waals surface area (Å²) in [4.78, 5) is 0. The fraction of sp³-hybridized carbons (Fsp3) is 0.538. The second-order valence-electron chi connectivity index (χ2n) is 4.40. The van der Waals surface area contributed by atoms with Gasteiger partial charge in [0.05, 0.1) is 23.8 Å². The smallest absolute Gasteiger partial charge is 0.133 e. The van der Waals surface area contributed by atoms with Crippen LogP contribution < -0.4 is 4.74 Å². The molecule has 0 saturated carbocycles. The van der Waals surface area contributed by atoms with Crippen molar-refractivity contribution < 1.29 is 14.6 Å². The van der Waals surface area contributed by atoms with Crippen molar-refractivity contribution >= 4 is 15.9 Å². The summed E-state index contributed by atoms with van der Waals surface area (Å²) >= 11 is 3.42. The van der Waals surface area contributed by atoms with Crippen molar-refractivity contribution in [1.82, 2.24) is 0 Å². The Morgan fingerprint density at radius 1 is 1.47 bits per heavy atom. The van der Waals surface area contributed by atoms with E-state index in [2.05, 4.69) is 15.9 Å². The van der Waals surface area contributed by atoms with Crippen molar-refractivity contribution in [3.63, 3.8) is 0 Å². The van der Waals surface area contributed by atoms with E-state index in [1.165, 1.54) is 0 Å². The third-order valence-corrected chi connectivity index (χ3v) is 3.75. The highest BCUT2D eigenvalue weighted by atomic mass is 79.9. The van der Waals surface area contributed by atoms with Crippen molar-refractivity contribution in [3.8, 4) is 5.75 Å². The lowest BCUT2D eigenvalue weighted by Crippen LogP contribution is -2.18. The molecule has 3 nitrogen and oxygen atoms in total. The highest BCUT2D eigenvalue weighted by Crippen LogP contribution is 2.33. The van der Waals surface area contributed by atoms with Crippen molar-refractivity contribution in [2.75, 3.05) is 7.11 Å². The first kappa shape index (κ1) is 12.9. The van der Waals surface area contributed by atoms with Gasteiger partial charge in [-0.15, -0.1) is 0 Å². The number of aliphatic hydroxyl groups excluding tert-OH is 1. The van der Waals surface area contributed by atoms with Crippen molar-refractivity contribution in [1.29, 1.82) is 0 Å². The monoisotopic (exact) mass is 300 g/mol. The second kappa shape index (κ2) is 5.38. The second-order valence-corrected chi connectivity index (χ2v) is 5.26. The van der Waals surface area contributed by atoms with Gasteiger partial charge < -0.3 is 14.6 Å². The van der Waals surface area contributed by atoms with Crippen LogP contribution in [0.4, 0.5) is 0 Å². The zero-order valence-electron chi connectivity index (χ0n) is 10.0. The molecule has 0 bridgehead atoms. The van der Waals surface area contributed by atoms with Gasteiger partial charge >= 0.3 is 0 Å². The van der Waals surface area contributed by atoms with Crippen LogP contribution in [-0.2, 0) is 4.74 Å². The van der Waals surface area contributed by atoms with E-state index in [9.17, 15) is 5.11 Å². The van der Waals surface area contributed by atoms with E-state index in [1.54, 1.807) is 7.11 Å². The van der Waals surface area contributed by atoms with Gasteiger partial charge in [0, 0.05) is 0 Å². The maximum absolute atomic E-state index is 10.2. The molecule has 3 unspecified atom stereocenters. The Bertz CT molecular complexity index is 394. The summed E-state index contributed by atoms with van der Waals surface area (Å²) in [5.41, 5.74) is 0.858. The Balaban J connectivity index is 2.14. The molecule has 4 heteroatoms. The molecule has 2 rings (SSSR count). The summed E-state index contributed by atoms with van der Waals surface area (Å²) in [6.45, 7) is 2.04. The van der Waals surface area contributed by atoms with Crippen LogP contribution in [0, 0.1) is 0 Å². The van der Waals surface area contributed by atoms with Gasteiger partial charge in [0.1, 0.15) is 11.9 Å². The zero-order chi connectivity index (χ0) is 12.4. The number of methoxy groups -OCH3 is 1. The van der Waals surface area contributed by atoms with E-state index in [0.717, 1.165) is 28.6 Å². The molecule has 1 aromatic carbocycles. The highest BCUT2D eigenvalue weighted by Gasteiger charge is 2.29. The molecule has 1 heterocycles. The minimum atomic E-state index is -0.567. The van der Waals surface area contributed by atoms with Crippen LogP contribution in [-0.4, -0.2) is 24.4 Å². The summed E-state index contributed by atoms with van der Waals surface area (Å²) in [5.74, 6) is 0.765. The Morgan fingerprint density at radius 2 is 2.24 bits per heavy atom. The van der Waals surface area contributed by atoms with Crippen LogP contribution in [0.3, 0.4) is 0 Å². The van der Waals surface area contributed by atoms with Gasteiger partial charge in [-0.25, -0.2) is 0 Å². The van der Waals surface area contributed by atoms with E-state index in [-0.39, 0.29) is 12.2 Å². The molecule has 94 valence electrons. The number of hydrogen-bond donors (Lipinski definition) is 1. The van der Waals surface area contributed by atoms with Crippen LogP contribution >= 0.6 is 15.9 Å². The molecule has 3 atom stereocenters. The third kappa shape index (κ3) is 2.81. The molecule has 1 aromatic rings. The molecule has 17 heavy (non-hydrogen) atoms. The Morgan fingerprint density at radius 3 is 2.76 bits per heavy atom. The number of halogens is 1. The van der Waals surface area contributed by atoms with Gasteiger partial charge in [0.25, 0.3) is 0 Å². The molecule has 1 fully saturated rings. The molecular formula is C13H17BrO3. The molecule has 1 N–H and O–H groups in total. The fourth-order valence-corrected chi connectivity index (χ4v) is 2.71. The average molecular weight is 301 g/mol. The van der Waals surface area contributed by atoms with Gasteiger partial charge in [0.15, 0.2) is 0 Å². The van der Waals surface area contributed by atoms with Crippen LogP contribution in [0.1, 0.15) is 31.4 Å². The molecule has 0 spiro atoms. The molecule has 1 aliphatic heterocycles. The van der Waals surface area contributed by atoms with Crippen LogP contribution in [0.15, 0.2) is 22.7 Å². The van der Waals surface area contributed by atoms with E-state index >= 15 is 0 Å². The lowest BCUT2D eigenvalue weighted by Gasteiger charge is -2.19. The minimum absolute atomic E-state index is 0.0923. The Hall–Kier alpha value is -0.580. The molecule has 1 saturated heterocycles. The molecule has 0 aliphatic carbocycles. The Kier molecular flexibility index (Phi) is 4.07. The predicted octanol–water partition coefficient (Wildman–Crippen LogP) is 3.06. The van der Waals surface area contributed by atoms with Crippen LogP contribution in [0.5, 0.6) is 5.75 Å². The normalized spacial score (nSPS) is 25.9.